The maximum atomic E-state index is 11.9. The lowest BCUT2D eigenvalue weighted by atomic mass is 10.1. The van der Waals surface area contributed by atoms with Gasteiger partial charge in [-0.25, -0.2) is 4.79 Å². The lowest BCUT2D eigenvalue weighted by molar-refractivity contribution is 0.0524. The van der Waals surface area contributed by atoms with Crippen LogP contribution in [0.15, 0.2) is 36.7 Å². The van der Waals surface area contributed by atoms with Gasteiger partial charge < -0.3 is 4.74 Å². The van der Waals surface area contributed by atoms with E-state index in [1.807, 2.05) is 18.2 Å². The Morgan fingerprint density at radius 2 is 1.90 bits per heavy atom. The molecule has 0 bridgehead atoms. The summed E-state index contributed by atoms with van der Waals surface area (Å²) in [7, 11) is 0. The summed E-state index contributed by atoms with van der Waals surface area (Å²) in [5, 5.41) is 0. The first kappa shape index (κ1) is 14.2. The number of ether oxygens (including phenoxy) is 1. The molecule has 2 heterocycles. The molecule has 0 aliphatic carbocycles. The van der Waals surface area contributed by atoms with E-state index < -0.39 is 0 Å². The Balaban J connectivity index is 2.39. The molecule has 2 rings (SSSR count). The zero-order valence-electron chi connectivity index (χ0n) is 11.8. The summed E-state index contributed by atoms with van der Waals surface area (Å²) in [6.07, 6.45) is 5.15. The van der Waals surface area contributed by atoms with Crippen LogP contribution in [0.25, 0.3) is 11.3 Å². The van der Waals surface area contributed by atoms with Gasteiger partial charge in [-0.1, -0.05) is 13.3 Å². The van der Waals surface area contributed by atoms with Crippen molar-refractivity contribution < 1.29 is 9.53 Å². The van der Waals surface area contributed by atoms with Crippen LogP contribution in [0, 0.1) is 0 Å². The summed E-state index contributed by atoms with van der Waals surface area (Å²) in [4.78, 5) is 20.5. The van der Waals surface area contributed by atoms with Crippen molar-refractivity contribution in [3.8, 4) is 11.3 Å². The lowest BCUT2D eigenvalue weighted by Gasteiger charge is -2.09. The highest BCUT2D eigenvalue weighted by Crippen LogP contribution is 2.20. The SMILES string of the molecule is CCCc1nc(-c2ccncc2)ccc1C(=O)OCC. The quantitative estimate of drug-likeness (QED) is 0.782. The first-order chi connectivity index (χ1) is 9.76. The molecule has 4 nitrogen and oxygen atoms in total. The first-order valence-corrected chi connectivity index (χ1v) is 6.83. The second-order valence-electron chi connectivity index (χ2n) is 4.40. The van der Waals surface area contributed by atoms with Crippen LogP contribution in [0.4, 0.5) is 0 Å². The van der Waals surface area contributed by atoms with Gasteiger partial charge in [-0.3, -0.25) is 9.97 Å². The fourth-order valence-corrected chi connectivity index (χ4v) is 2.01. The van der Waals surface area contributed by atoms with Gasteiger partial charge in [0, 0.05) is 18.0 Å². The highest BCUT2D eigenvalue weighted by molar-refractivity contribution is 5.91. The van der Waals surface area contributed by atoms with E-state index >= 15 is 0 Å². The molecular formula is C16H18N2O2. The van der Waals surface area contributed by atoms with Crippen molar-refractivity contribution in [1.29, 1.82) is 0 Å². The molecule has 0 saturated carbocycles. The van der Waals surface area contributed by atoms with Crippen LogP contribution in [-0.4, -0.2) is 22.5 Å². The molecule has 2 aromatic rings. The molecule has 104 valence electrons. The van der Waals surface area contributed by atoms with E-state index in [4.69, 9.17) is 4.74 Å². The summed E-state index contributed by atoms with van der Waals surface area (Å²) in [6, 6.07) is 7.46. The second kappa shape index (κ2) is 6.80. The Hall–Kier alpha value is -2.23. The molecule has 0 aromatic carbocycles. The predicted molar refractivity (Wildman–Crippen MR) is 77.4 cm³/mol. The smallest absolute Gasteiger partial charge is 0.339 e. The van der Waals surface area contributed by atoms with Gasteiger partial charge in [-0.05, 0) is 37.6 Å². The van der Waals surface area contributed by atoms with E-state index in [0.29, 0.717) is 12.2 Å². The van der Waals surface area contributed by atoms with Gasteiger partial charge >= 0.3 is 5.97 Å². The van der Waals surface area contributed by atoms with Crippen LogP contribution < -0.4 is 0 Å². The third-order valence-electron chi connectivity index (χ3n) is 2.93. The van der Waals surface area contributed by atoms with Crippen molar-refractivity contribution in [3.63, 3.8) is 0 Å². The van der Waals surface area contributed by atoms with Crippen LogP contribution in [0.2, 0.25) is 0 Å². The van der Waals surface area contributed by atoms with Gasteiger partial charge in [0.05, 0.1) is 23.6 Å². The van der Waals surface area contributed by atoms with Gasteiger partial charge in [0.15, 0.2) is 0 Å². The molecule has 0 atom stereocenters. The van der Waals surface area contributed by atoms with Crippen LogP contribution in [0.3, 0.4) is 0 Å². The van der Waals surface area contributed by atoms with E-state index in [-0.39, 0.29) is 5.97 Å². The van der Waals surface area contributed by atoms with Crippen molar-refractivity contribution in [2.45, 2.75) is 26.7 Å². The monoisotopic (exact) mass is 270 g/mol. The molecule has 0 saturated heterocycles. The Morgan fingerprint density at radius 3 is 2.55 bits per heavy atom. The minimum absolute atomic E-state index is 0.301. The standard InChI is InChI=1S/C16H18N2O2/c1-3-5-15-13(16(19)20-4-2)6-7-14(18-15)12-8-10-17-11-9-12/h6-11H,3-5H2,1-2H3. The fraction of sp³-hybridized carbons (Fsp3) is 0.312. The number of carbonyl (C=O) groups excluding carboxylic acids is 1. The average Bonchev–Trinajstić information content (AvgIpc) is 2.48. The molecule has 0 aliphatic heterocycles. The molecule has 0 spiro atoms. The number of pyridine rings is 2. The number of rotatable bonds is 5. The molecule has 0 radical (unpaired) electrons. The van der Waals surface area contributed by atoms with E-state index in [1.165, 1.54) is 0 Å². The molecule has 0 fully saturated rings. The van der Waals surface area contributed by atoms with Crippen LogP contribution in [0.1, 0.15) is 36.3 Å². The Morgan fingerprint density at radius 1 is 1.15 bits per heavy atom. The summed E-state index contributed by atoms with van der Waals surface area (Å²) in [5.74, 6) is -0.301. The number of hydrogen-bond donors (Lipinski definition) is 0. The van der Waals surface area contributed by atoms with Crippen molar-refractivity contribution >= 4 is 5.97 Å². The maximum absolute atomic E-state index is 11.9. The Labute approximate surface area is 118 Å². The van der Waals surface area contributed by atoms with Gasteiger partial charge in [0.2, 0.25) is 0 Å². The predicted octanol–water partition coefficient (Wildman–Crippen LogP) is 3.27. The maximum Gasteiger partial charge on any atom is 0.339 e. The molecular weight excluding hydrogens is 252 g/mol. The summed E-state index contributed by atoms with van der Waals surface area (Å²) in [6.45, 7) is 4.24. The number of nitrogens with zero attached hydrogens (tertiary/aromatic N) is 2. The Bertz CT molecular complexity index is 582. The van der Waals surface area contributed by atoms with Gasteiger partial charge in [-0.2, -0.15) is 0 Å². The molecule has 0 unspecified atom stereocenters. The number of esters is 1. The molecule has 0 aliphatic rings. The van der Waals surface area contributed by atoms with Crippen molar-refractivity contribution in [3.05, 3.63) is 47.9 Å². The molecule has 0 amide bonds. The molecule has 0 N–H and O–H groups in total. The van der Waals surface area contributed by atoms with Crippen LogP contribution in [0.5, 0.6) is 0 Å². The zero-order valence-corrected chi connectivity index (χ0v) is 11.8. The molecule has 4 heteroatoms. The van der Waals surface area contributed by atoms with Crippen LogP contribution >= 0.6 is 0 Å². The van der Waals surface area contributed by atoms with Crippen molar-refractivity contribution in [1.82, 2.24) is 9.97 Å². The minimum atomic E-state index is -0.301. The largest absolute Gasteiger partial charge is 0.462 e. The van der Waals surface area contributed by atoms with Crippen molar-refractivity contribution in [2.24, 2.45) is 0 Å². The number of aromatic nitrogens is 2. The summed E-state index contributed by atoms with van der Waals surface area (Å²) >= 11 is 0. The molecule has 2 aromatic heterocycles. The minimum Gasteiger partial charge on any atom is -0.462 e. The lowest BCUT2D eigenvalue weighted by Crippen LogP contribution is -2.10. The third-order valence-corrected chi connectivity index (χ3v) is 2.93. The van der Waals surface area contributed by atoms with Gasteiger partial charge in [0.25, 0.3) is 0 Å². The summed E-state index contributed by atoms with van der Waals surface area (Å²) < 4.78 is 5.07. The fourth-order valence-electron chi connectivity index (χ4n) is 2.01. The van der Waals surface area contributed by atoms with Gasteiger partial charge in [-0.15, -0.1) is 0 Å². The number of aryl methyl sites for hydroxylation is 1. The second-order valence-corrected chi connectivity index (χ2v) is 4.40. The third kappa shape index (κ3) is 3.20. The van der Waals surface area contributed by atoms with Crippen LogP contribution in [-0.2, 0) is 11.2 Å². The van der Waals surface area contributed by atoms with E-state index in [9.17, 15) is 4.79 Å². The number of carbonyl (C=O) groups is 1. The van der Waals surface area contributed by atoms with E-state index in [0.717, 1.165) is 29.8 Å². The van der Waals surface area contributed by atoms with Crippen molar-refractivity contribution in [2.75, 3.05) is 6.61 Å². The molecule has 20 heavy (non-hydrogen) atoms. The topological polar surface area (TPSA) is 52.1 Å². The average molecular weight is 270 g/mol. The zero-order chi connectivity index (χ0) is 14.4. The van der Waals surface area contributed by atoms with E-state index in [2.05, 4.69) is 16.9 Å². The summed E-state index contributed by atoms with van der Waals surface area (Å²) in [5.41, 5.74) is 3.20. The Kier molecular flexibility index (Phi) is 4.82. The highest BCUT2D eigenvalue weighted by atomic mass is 16.5. The highest BCUT2D eigenvalue weighted by Gasteiger charge is 2.14. The van der Waals surface area contributed by atoms with Gasteiger partial charge in [0.1, 0.15) is 0 Å². The number of hydrogen-bond acceptors (Lipinski definition) is 4. The normalized spacial score (nSPS) is 10.3. The van der Waals surface area contributed by atoms with E-state index in [1.54, 1.807) is 25.4 Å². The first-order valence-electron chi connectivity index (χ1n) is 6.83.